The Hall–Kier alpha value is 0.210. The van der Waals surface area contributed by atoms with Crippen molar-refractivity contribution in [2.45, 2.75) is 24.0 Å². The van der Waals surface area contributed by atoms with E-state index in [9.17, 15) is 0 Å². The summed E-state index contributed by atoms with van der Waals surface area (Å²) in [6, 6.07) is 0. The van der Waals surface area contributed by atoms with Crippen LogP contribution in [-0.4, -0.2) is 31.8 Å². The number of rotatable bonds is 2. The molecular formula is C6H11ClO2. The molecule has 0 aromatic heterocycles. The average molecular weight is 151 g/mol. The van der Waals surface area contributed by atoms with E-state index in [4.69, 9.17) is 21.1 Å². The zero-order valence-electron chi connectivity index (χ0n) is 5.63. The zero-order valence-corrected chi connectivity index (χ0v) is 6.39. The third kappa shape index (κ3) is 1.20. The normalized spacial score (nSPS) is 42.3. The highest BCUT2D eigenvalue weighted by Gasteiger charge is 2.40. The summed E-state index contributed by atoms with van der Waals surface area (Å²) >= 11 is 5.78. The average Bonchev–Trinajstić information content (AvgIpc) is 1.83. The van der Waals surface area contributed by atoms with Crippen LogP contribution in [0.15, 0.2) is 0 Å². The van der Waals surface area contributed by atoms with Crippen molar-refractivity contribution in [3.05, 3.63) is 0 Å². The molecule has 0 saturated heterocycles. The van der Waals surface area contributed by atoms with Crippen LogP contribution in [0.1, 0.15) is 6.42 Å². The molecule has 0 aromatic rings. The molecule has 2 nitrogen and oxygen atoms in total. The first-order valence-electron chi connectivity index (χ1n) is 2.99. The van der Waals surface area contributed by atoms with Crippen molar-refractivity contribution in [1.29, 1.82) is 0 Å². The Morgan fingerprint density at radius 2 is 2.00 bits per heavy atom. The molecule has 0 heterocycles. The number of hydrogen-bond donors (Lipinski definition) is 0. The van der Waals surface area contributed by atoms with Gasteiger partial charge < -0.3 is 9.47 Å². The molecule has 0 N–H and O–H groups in total. The molecule has 1 fully saturated rings. The van der Waals surface area contributed by atoms with Gasteiger partial charge in [0.15, 0.2) is 0 Å². The molecule has 0 radical (unpaired) electrons. The summed E-state index contributed by atoms with van der Waals surface area (Å²) in [4.78, 5) is 0. The van der Waals surface area contributed by atoms with Crippen molar-refractivity contribution in [2.24, 2.45) is 0 Å². The van der Waals surface area contributed by atoms with Crippen LogP contribution in [0.25, 0.3) is 0 Å². The minimum atomic E-state index is 0.108. The Balaban J connectivity index is 2.29. The number of methoxy groups -OCH3 is 2. The van der Waals surface area contributed by atoms with E-state index in [0.29, 0.717) is 0 Å². The van der Waals surface area contributed by atoms with Crippen LogP contribution in [0.4, 0.5) is 0 Å². The molecule has 0 aromatic carbocycles. The maximum atomic E-state index is 5.78. The third-order valence-corrected chi connectivity index (χ3v) is 2.18. The van der Waals surface area contributed by atoms with Crippen LogP contribution in [0, 0.1) is 0 Å². The summed E-state index contributed by atoms with van der Waals surface area (Å²) in [5.41, 5.74) is 0. The van der Waals surface area contributed by atoms with Crippen molar-refractivity contribution in [1.82, 2.24) is 0 Å². The van der Waals surface area contributed by atoms with E-state index < -0.39 is 0 Å². The quantitative estimate of drug-likeness (QED) is 0.548. The van der Waals surface area contributed by atoms with Crippen molar-refractivity contribution in [3.8, 4) is 0 Å². The van der Waals surface area contributed by atoms with Crippen molar-refractivity contribution < 1.29 is 9.47 Å². The monoisotopic (exact) mass is 150 g/mol. The smallest absolute Gasteiger partial charge is 0.0997 e. The van der Waals surface area contributed by atoms with Crippen LogP contribution < -0.4 is 0 Å². The Morgan fingerprint density at radius 3 is 2.22 bits per heavy atom. The fourth-order valence-corrected chi connectivity index (χ4v) is 1.50. The van der Waals surface area contributed by atoms with Crippen LogP contribution in [-0.2, 0) is 9.47 Å². The van der Waals surface area contributed by atoms with Gasteiger partial charge >= 0.3 is 0 Å². The van der Waals surface area contributed by atoms with Crippen molar-refractivity contribution in [2.75, 3.05) is 14.2 Å². The van der Waals surface area contributed by atoms with Gasteiger partial charge in [-0.25, -0.2) is 0 Å². The molecule has 1 aliphatic rings. The van der Waals surface area contributed by atoms with E-state index in [1.54, 1.807) is 14.2 Å². The molecule has 3 unspecified atom stereocenters. The van der Waals surface area contributed by atoms with E-state index in [0.717, 1.165) is 6.42 Å². The van der Waals surface area contributed by atoms with E-state index in [1.165, 1.54) is 0 Å². The molecule has 9 heavy (non-hydrogen) atoms. The largest absolute Gasteiger partial charge is 0.379 e. The summed E-state index contributed by atoms with van der Waals surface area (Å²) in [6.07, 6.45) is 1.24. The lowest BCUT2D eigenvalue weighted by Gasteiger charge is -2.38. The number of alkyl halides is 1. The molecule has 54 valence electrons. The third-order valence-electron chi connectivity index (χ3n) is 1.76. The first-order chi connectivity index (χ1) is 4.29. The molecule has 3 heteroatoms. The summed E-state index contributed by atoms with van der Waals surface area (Å²) in [7, 11) is 3.34. The van der Waals surface area contributed by atoms with Crippen LogP contribution in [0.5, 0.6) is 0 Å². The standard InChI is InChI=1S/C6H11ClO2/c1-8-5-3-4(7)6(5)9-2/h4-6H,3H2,1-2H3. The Morgan fingerprint density at radius 1 is 1.33 bits per heavy atom. The molecule has 0 bridgehead atoms. The fraction of sp³-hybridized carbons (Fsp3) is 1.00. The van der Waals surface area contributed by atoms with Gasteiger partial charge in [0, 0.05) is 14.2 Å². The molecule has 0 amide bonds. The summed E-state index contributed by atoms with van der Waals surface area (Å²) in [6.45, 7) is 0. The highest BCUT2D eigenvalue weighted by Crippen LogP contribution is 2.30. The lowest BCUT2D eigenvalue weighted by atomic mass is 9.91. The minimum absolute atomic E-state index is 0.108. The van der Waals surface area contributed by atoms with Gasteiger partial charge in [-0.3, -0.25) is 0 Å². The van der Waals surface area contributed by atoms with E-state index >= 15 is 0 Å². The highest BCUT2D eigenvalue weighted by atomic mass is 35.5. The second kappa shape index (κ2) is 2.86. The van der Waals surface area contributed by atoms with Crippen LogP contribution in [0.3, 0.4) is 0 Å². The number of ether oxygens (including phenoxy) is 2. The van der Waals surface area contributed by atoms with Gasteiger partial charge in [0.25, 0.3) is 0 Å². The Labute approximate surface area is 60.1 Å². The zero-order chi connectivity index (χ0) is 6.85. The van der Waals surface area contributed by atoms with Gasteiger partial charge in [-0.2, -0.15) is 0 Å². The minimum Gasteiger partial charge on any atom is -0.379 e. The maximum Gasteiger partial charge on any atom is 0.0997 e. The van der Waals surface area contributed by atoms with Gasteiger partial charge in [0.1, 0.15) is 0 Å². The summed E-state index contributed by atoms with van der Waals surface area (Å²) < 4.78 is 10.1. The topological polar surface area (TPSA) is 18.5 Å². The predicted octanol–water partition coefficient (Wildman–Crippen LogP) is 1.03. The Bertz CT molecular complexity index is 97.1. The van der Waals surface area contributed by atoms with Gasteiger partial charge in [-0.05, 0) is 6.42 Å². The molecule has 1 rings (SSSR count). The maximum absolute atomic E-state index is 5.78. The van der Waals surface area contributed by atoms with Gasteiger partial charge in [-0.1, -0.05) is 0 Å². The SMILES string of the molecule is COC1CC(Cl)C1OC. The van der Waals surface area contributed by atoms with E-state index in [2.05, 4.69) is 0 Å². The molecule has 0 spiro atoms. The second-order valence-corrected chi connectivity index (χ2v) is 2.79. The Kier molecular flexibility index (Phi) is 2.33. The van der Waals surface area contributed by atoms with Crippen molar-refractivity contribution >= 4 is 11.6 Å². The van der Waals surface area contributed by atoms with Gasteiger partial charge in [-0.15, -0.1) is 11.6 Å². The predicted molar refractivity (Wildman–Crippen MR) is 35.9 cm³/mol. The lowest BCUT2D eigenvalue weighted by Crippen LogP contribution is -2.49. The number of hydrogen-bond acceptors (Lipinski definition) is 2. The van der Waals surface area contributed by atoms with E-state index in [-0.39, 0.29) is 17.6 Å². The summed E-state index contributed by atoms with van der Waals surface area (Å²) in [5, 5.41) is 0.153. The molecule has 3 atom stereocenters. The second-order valence-electron chi connectivity index (χ2n) is 2.23. The molecular weight excluding hydrogens is 140 g/mol. The fourth-order valence-electron chi connectivity index (χ4n) is 1.06. The molecule has 1 aliphatic carbocycles. The molecule has 1 saturated carbocycles. The van der Waals surface area contributed by atoms with Crippen LogP contribution >= 0.6 is 11.6 Å². The first-order valence-corrected chi connectivity index (χ1v) is 3.43. The van der Waals surface area contributed by atoms with Gasteiger partial charge in [0.05, 0.1) is 17.6 Å². The van der Waals surface area contributed by atoms with Crippen LogP contribution in [0.2, 0.25) is 0 Å². The van der Waals surface area contributed by atoms with Crippen molar-refractivity contribution in [3.63, 3.8) is 0 Å². The summed E-state index contributed by atoms with van der Waals surface area (Å²) in [5.74, 6) is 0. The van der Waals surface area contributed by atoms with E-state index in [1.807, 2.05) is 0 Å². The lowest BCUT2D eigenvalue weighted by molar-refractivity contribution is -0.0923. The van der Waals surface area contributed by atoms with Gasteiger partial charge in [0.2, 0.25) is 0 Å². The first kappa shape index (κ1) is 7.32. The highest BCUT2D eigenvalue weighted by molar-refractivity contribution is 6.21. The number of halogens is 1. The molecule has 0 aliphatic heterocycles.